The van der Waals surface area contributed by atoms with E-state index in [2.05, 4.69) is 9.88 Å². The fraction of sp³-hybridized carbons (Fsp3) is 0.394. The first-order chi connectivity index (χ1) is 21.9. The van der Waals surface area contributed by atoms with E-state index in [1.165, 1.54) is 13.2 Å². The van der Waals surface area contributed by atoms with Gasteiger partial charge in [-0.25, -0.2) is 18.6 Å². The van der Waals surface area contributed by atoms with Crippen molar-refractivity contribution in [1.29, 1.82) is 0 Å². The van der Waals surface area contributed by atoms with Gasteiger partial charge in [-0.15, -0.1) is 0 Å². The Morgan fingerprint density at radius 3 is 2.48 bits per heavy atom. The number of carbonyl (C=O) groups excluding carboxylic acids is 1. The van der Waals surface area contributed by atoms with Gasteiger partial charge in [0.2, 0.25) is 5.28 Å². The van der Waals surface area contributed by atoms with Crippen LogP contribution in [-0.4, -0.2) is 75.4 Å². The third-order valence-corrected chi connectivity index (χ3v) is 8.69. The Balaban J connectivity index is 1.39. The maximum atomic E-state index is 15.5. The summed E-state index contributed by atoms with van der Waals surface area (Å²) in [5.41, 5.74) is 1.37. The monoisotopic (exact) mass is 650 g/mol. The first-order valence-corrected chi connectivity index (χ1v) is 15.4. The molecular weight excluding hydrogens is 618 g/mol. The van der Waals surface area contributed by atoms with Crippen molar-refractivity contribution >= 4 is 56.1 Å². The summed E-state index contributed by atoms with van der Waals surface area (Å²) < 4.78 is 48.4. The predicted octanol–water partition coefficient (Wildman–Crippen LogP) is 6.84. The molecule has 4 heterocycles. The number of benzene rings is 3. The van der Waals surface area contributed by atoms with Crippen molar-refractivity contribution in [3.63, 3.8) is 0 Å². The second-order valence-corrected chi connectivity index (χ2v) is 13.2. The van der Waals surface area contributed by atoms with Crippen LogP contribution in [0.4, 0.5) is 19.4 Å². The molecule has 2 atom stereocenters. The maximum absolute atomic E-state index is 15.5. The number of ether oxygens (including phenoxy) is 3. The molecule has 3 aromatic carbocycles. The van der Waals surface area contributed by atoms with Crippen LogP contribution in [-0.2, 0) is 16.5 Å². The Morgan fingerprint density at radius 1 is 1.04 bits per heavy atom. The number of hydrogen-bond donors (Lipinski definition) is 0. The number of anilines is 1. The quantitative estimate of drug-likeness (QED) is 0.151. The van der Waals surface area contributed by atoms with Gasteiger partial charge < -0.3 is 19.1 Å². The highest BCUT2D eigenvalue weighted by Crippen LogP contribution is 2.43. The van der Waals surface area contributed by atoms with Gasteiger partial charge in [0.1, 0.15) is 22.7 Å². The number of carbonyl (C=O) groups is 1. The molecule has 5 aromatic rings. The second-order valence-electron chi connectivity index (χ2n) is 12.9. The SMILES string of the molecule is COCOc1cc(-c2cc3nc(Cl)nc(N4C[C@H]5CC[C@@H](C4)N5C(=O)OC(C)(C)C)c3c3cn(C)nc23)c2c(F)c(F)ccc2c1. The highest BCUT2D eigenvalue weighted by Gasteiger charge is 2.45. The lowest BCUT2D eigenvalue weighted by Crippen LogP contribution is -2.57. The topological polar surface area (TPSA) is 94.8 Å². The van der Waals surface area contributed by atoms with E-state index in [-0.39, 0.29) is 35.6 Å². The lowest BCUT2D eigenvalue weighted by atomic mass is 9.94. The molecule has 10 nitrogen and oxygen atoms in total. The number of methoxy groups -OCH3 is 1. The average molecular weight is 651 g/mol. The van der Waals surface area contributed by atoms with Crippen molar-refractivity contribution in [2.24, 2.45) is 7.05 Å². The number of rotatable bonds is 5. The molecule has 240 valence electrons. The molecule has 46 heavy (non-hydrogen) atoms. The van der Waals surface area contributed by atoms with Crippen LogP contribution in [0.25, 0.3) is 43.7 Å². The predicted molar refractivity (Wildman–Crippen MR) is 171 cm³/mol. The number of hydrogen-bond acceptors (Lipinski definition) is 8. The van der Waals surface area contributed by atoms with E-state index < -0.39 is 17.2 Å². The molecule has 0 saturated carbocycles. The smallest absolute Gasteiger partial charge is 0.410 e. The average Bonchev–Trinajstić information content (AvgIpc) is 3.51. The van der Waals surface area contributed by atoms with Crippen LogP contribution in [0.15, 0.2) is 36.5 Å². The highest BCUT2D eigenvalue weighted by molar-refractivity contribution is 6.29. The number of aromatic nitrogens is 4. The summed E-state index contributed by atoms with van der Waals surface area (Å²) >= 11 is 6.56. The summed E-state index contributed by atoms with van der Waals surface area (Å²) in [7, 11) is 3.30. The summed E-state index contributed by atoms with van der Waals surface area (Å²) in [4.78, 5) is 26.4. The first kappa shape index (κ1) is 30.4. The van der Waals surface area contributed by atoms with E-state index in [1.54, 1.807) is 29.9 Å². The van der Waals surface area contributed by atoms with Crippen LogP contribution in [0.5, 0.6) is 5.75 Å². The van der Waals surface area contributed by atoms with E-state index >= 15 is 4.39 Å². The molecular formula is C33H33ClF2N6O4. The van der Waals surface area contributed by atoms with Gasteiger partial charge in [0.25, 0.3) is 0 Å². The number of halogens is 3. The molecule has 0 spiro atoms. The van der Waals surface area contributed by atoms with E-state index in [1.807, 2.05) is 31.9 Å². The third kappa shape index (κ3) is 5.23. The molecule has 7 rings (SSSR count). The van der Waals surface area contributed by atoms with E-state index in [4.69, 9.17) is 35.9 Å². The largest absolute Gasteiger partial charge is 0.468 e. The molecule has 0 unspecified atom stereocenters. The van der Waals surface area contributed by atoms with Crippen LogP contribution in [0.1, 0.15) is 33.6 Å². The molecule has 2 aromatic heterocycles. The van der Waals surface area contributed by atoms with Crippen LogP contribution >= 0.6 is 11.6 Å². The van der Waals surface area contributed by atoms with Crippen LogP contribution < -0.4 is 9.64 Å². The summed E-state index contributed by atoms with van der Waals surface area (Å²) in [6, 6.07) is 7.56. The summed E-state index contributed by atoms with van der Waals surface area (Å²) in [6.07, 6.45) is 3.25. The Hall–Kier alpha value is -4.29. The molecule has 13 heteroatoms. The van der Waals surface area contributed by atoms with Gasteiger partial charge >= 0.3 is 6.09 Å². The van der Waals surface area contributed by atoms with Gasteiger partial charge in [-0.05, 0) is 80.4 Å². The normalized spacial score (nSPS) is 18.3. The zero-order valence-corrected chi connectivity index (χ0v) is 26.9. The molecule has 0 radical (unpaired) electrons. The minimum atomic E-state index is -0.977. The van der Waals surface area contributed by atoms with Crippen LogP contribution in [0.2, 0.25) is 5.28 Å². The number of fused-ring (bicyclic) bond motifs is 6. The Kier molecular flexibility index (Phi) is 7.39. The third-order valence-electron chi connectivity index (χ3n) is 8.53. The molecule has 2 aliphatic heterocycles. The molecule has 2 fully saturated rings. The lowest BCUT2D eigenvalue weighted by Gasteiger charge is -2.42. The zero-order valence-electron chi connectivity index (χ0n) is 26.1. The van der Waals surface area contributed by atoms with Crippen LogP contribution in [0.3, 0.4) is 0 Å². The zero-order chi connectivity index (χ0) is 32.5. The lowest BCUT2D eigenvalue weighted by molar-refractivity contribution is 0.0123. The van der Waals surface area contributed by atoms with E-state index in [0.717, 1.165) is 29.7 Å². The van der Waals surface area contributed by atoms with Crippen molar-refractivity contribution in [1.82, 2.24) is 24.6 Å². The minimum Gasteiger partial charge on any atom is -0.468 e. The van der Waals surface area contributed by atoms with Crippen molar-refractivity contribution in [3.05, 3.63) is 53.4 Å². The molecule has 0 N–H and O–H groups in total. The molecule has 2 bridgehead atoms. The number of amides is 1. The summed E-state index contributed by atoms with van der Waals surface area (Å²) in [5, 5.41) is 6.79. The number of nitrogens with zero attached hydrogens (tertiary/aromatic N) is 6. The fourth-order valence-electron chi connectivity index (χ4n) is 6.79. The van der Waals surface area contributed by atoms with E-state index in [9.17, 15) is 9.18 Å². The Labute approximate surface area is 268 Å². The molecule has 0 aliphatic carbocycles. The second kappa shape index (κ2) is 11.2. The minimum absolute atomic E-state index is 0.0271. The van der Waals surface area contributed by atoms with Gasteiger partial charge in [-0.1, -0.05) is 6.07 Å². The van der Waals surface area contributed by atoms with Crippen LogP contribution in [0, 0.1) is 11.6 Å². The van der Waals surface area contributed by atoms with Gasteiger partial charge in [0.15, 0.2) is 18.4 Å². The van der Waals surface area contributed by atoms with Crippen molar-refractivity contribution < 1.29 is 27.8 Å². The summed E-state index contributed by atoms with van der Waals surface area (Å²) in [5.74, 6) is -0.904. The molecule has 2 aliphatic rings. The fourth-order valence-corrected chi connectivity index (χ4v) is 6.96. The van der Waals surface area contributed by atoms with Gasteiger partial charge in [0, 0.05) is 49.8 Å². The van der Waals surface area contributed by atoms with Crippen molar-refractivity contribution in [3.8, 4) is 16.9 Å². The first-order valence-electron chi connectivity index (χ1n) is 15.1. The highest BCUT2D eigenvalue weighted by atomic mass is 35.5. The summed E-state index contributed by atoms with van der Waals surface area (Å²) in [6.45, 7) is 6.64. The number of aryl methyl sites for hydroxylation is 1. The molecule has 2 saturated heterocycles. The van der Waals surface area contributed by atoms with Crippen molar-refractivity contribution in [2.45, 2.75) is 51.3 Å². The Bertz CT molecular complexity index is 2020. The van der Waals surface area contributed by atoms with Gasteiger partial charge in [0.05, 0.1) is 23.0 Å². The maximum Gasteiger partial charge on any atom is 0.410 e. The molecule has 1 amide bonds. The van der Waals surface area contributed by atoms with Gasteiger partial charge in [-0.3, -0.25) is 9.58 Å². The number of piperazine rings is 1. The van der Waals surface area contributed by atoms with Gasteiger partial charge in [-0.2, -0.15) is 10.1 Å². The Morgan fingerprint density at radius 2 is 1.78 bits per heavy atom. The van der Waals surface area contributed by atoms with E-state index in [0.29, 0.717) is 52.2 Å². The standard InChI is InChI=1S/C33H33ClF2N6O4/c1-33(2,3)46-32(43)42-18-7-8-19(42)14-41(13-18)30-27-23-15-40(4)39-29(23)22(12-25(27)37-31(34)38-30)21-11-20(45-16-44-5)10-17-6-9-24(35)28(36)26(17)21/h6,9-12,15,18-19H,7-8,13-14,16H2,1-5H3/t18-,19+. The van der Waals surface area contributed by atoms with Crippen molar-refractivity contribution in [2.75, 3.05) is 31.9 Å².